The van der Waals surface area contributed by atoms with Gasteiger partial charge in [-0.1, -0.05) is 20.7 Å². The van der Waals surface area contributed by atoms with E-state index in [9.17, 15) is 4.79 Å². The van der Waals surface area contributed by atoms with Gasteiger partial charge in [0.2, 0.25) is 0 Å². The van der Waals surface area contributed by atoms with Crippen molar-refractivity contribution < 1.29 is 0 Å². The summed E-state index contributed by atoms with van der Waals surface area (Å²) in [4.78, 5) is 19.7. The molecule has 9 heteroatoms. The molecule has 3 aromatic rings. The number of nitrogens with one attached hydrogen (secondary N) is 4. The lowest BCUT2D eigenvalue weighted by Gasteiger charge is -2.08. The molecule has 8 nitrogen and oxygen atoms in total. The smallest absolute Gasteiger partial charge is 0.354 e. The minimum absolute atomic E-state index is 0.000481. The van der Waals surface area contributed by atoms with Crippen LogP contribution < -0.4 is 27.5 Å². The molecule has 0 amide bonds. The van der Waals surface area contributed by atoms with Crippen molar-refractivity contribution in [2.45, 2.75) is 13.0 Å². The highest BCUT2D eigenvalue weighted by atomic mass is 31.1. The third-order valence-corrected chi connectivity index (χ3v) is 4.97. The summed E-state index contributed by atoms with van der Waals surface area (Å²) in [6.07, 6.45) is 2.72. The van der Waals surface area contributed by atoms with E-state index in [4.69, 9.17) is 11.1 Å². The molecule has 0 aliphatic carbocycles. The van der Waals surface area contributed by atoms with Crippen molar-refractivity contribution in [2.75, 3.05) is 19.8 Å². The van der Waals surface area contributed by atoms with Crippen molar-refractivity contribution in [1.29, 1.82) is 5.41 Å². The summed E-state index contributed by atoms with van der Waals surface area (Å²) in [7, 11) is 0.635. The van der Waals surface area contributed by atoms with E-state index in [2.05, 4.69) is 27.3 Å². The van der Waals surface area contributed by atoms with Crippen LogP contribution in [-0.4, -0.2) is 40.2 Å². The average Bonchev–Trinajstić information content (AvgIpc) is 3.06. The van der Waals surface area contributed by atoms with Crippen molar-refractivity contribution in [3.63, 3.8) is 0 Å². The Labute approximate surface area is 158 Å². The van der Waals surface area contributed by atoms with Crippen LogP contribution in [0.2, 0.25) is 0 Å². The first kappa shape index (κ1) is 19.1. The number of aromatic amines is 1. The Morgan fingerprint density at radius 2 is 2.11 bits per heavy atom. The standard InChI is InChI=1S/C18H24N7OP/c1-27-15-9-13-11-25(18(26)24-16(13)23-15)14-5-3-12(4-6-14)10-21-7-2-8-22-17(19)20/h3-6,9,11,21,27H,2,7-8,10H2,1H3,(H4,19,20,22)(H,23,24,26). The topological polar surface area (TPSA) is 125 Å². The summed E-state index contributed by atoms with van der Waals surface area (Å²) in [5.41, 5.74) is 8.60. The molecular weight excluding hydrogens is 361 g/mol. The molecule has 1 aromatic carbocycles. The third-order valence-electron chi connectivity index (χ3n) is 4.17. The quantitative estimate of drug-likeness (QED) is 0.168. The van der Waals surface area contributed by atoms with Crippen molar-refractivity contribution in [3.8, 4) is 5.69 Å². The Kier molecular flexibility index (Phi) is 6.21. The SMILES string of the molecule is CPc1cc2cn(-c3ccc(CNCCCNC(=N)N)cc3)c(=O)nc2[nH]1. The Hall–Kier alpha value is -2.70. The molecule has 0 bridgehead atoms. The van der Waals surface area contributed by atoms with Gasteiger partial charge in [-0.05, 0) is 43.4 Å². The first-order valence-corrected chi connectivity index (χ1v) is 10.2. The second-order valence-corrected chi connectivity index (χ2v) is 7.21. The Bertz CT molecular complexity index is 978. The molecule has 1 atom stereocenters. The first-order valence-electron chi connectivity index (χ1n) is 8.75. The fourth-order valence-electron chi connectivity index (χ4n) is 2.76. The number of benzene rings is 1. The predicted octanol–water partition coefficient (Wildman–Crippen LogP) is 0.610. The van der Waals surface area contributed by atoms with Gasteiger partial charge < -0.3 is 21.4 Å². The fraction of sp³-hybridized carbons (Fsp3) is 0.278. The minimum atomic E-state index is -0.292. The highest BCUT2D eigenvalue weighted by molar-refractivity contribution is 7.46. The number of rotatable bonds is 8. The van der Waals surface area contributed by atoms with Crippen LogP contribution in [0.3, 0.4) is 0 Å². The summed E-state index contributed by atoms with van der Waals surface area (Å²) in [6.45, 7) is 4.34. The summed E-state index contributed by atoms with van der Waals surface area (Å²) in [5.74, 6) is -0.000481. The number of hydrogen-bond acceptors (Lipinski definition) is 4. The van der Waals surface area contributed by atoms with Crippen LogP contribution in [0.25, 0.3) is 16.7 Å². The van der Waals surface area contributed by atoms with Crippen molar-refractivity contribution in [2.24, 2.45) is 5.73 Å². The lowest BCUT2D eigenvalue weighted by Crippen LogP contribution is -2.32. The molecule has 0 saturated heterocycles. The van der Waals surface area contributed by atoms with Crippen LogP contribution in [0.1, 0.15) is 12.0 Å². The Morgan fingerprint density at radius 3 is 2.81 bits per heavy atom. The maximum Gasteiger partial charge on any atom is 0.354 e. The molecule has 0 aliphatic heterocycles. The Morgan fingerprint density at radius 1 is 1.33 bits per heavy atom. The second kappa shape index (κ2) is 8.79. The molecule has 142 valence electrons. The molecule has 0 fully saturated rings. The molecule has 0 aliphatic rings. The fourth-order valence-corrected chi connectivity index (χ4v) is 3.30. The number of nitrogens with zero attached hydrogens (tertiary/aromatic N) is 2. The van der Waals surface area contributed by atoms with Gasteiger partial charge in [0, 0.05) is 30.1 Å². The minimum Gasteiger partial charge on any atom is -0.370 e. The summed E-state index contributed by atoms with van der Waals surface area (Å²) in [6, 6.07) is 9.90. The maximum atomic E-state index is 12.3. The molecule has 2 aromatic heterocycles. The lowest BCUT2D eigenvalue weighted by molar-refractivity contribution is 0.639. The van der Waals surface area contributed by atoms with Crippen LogP contribution in [-0.2, 0) is 6.54 Å². The second-order valence-electron chi connectivity index (χ2n) is 6.17. The average molecular weight is 385 g/mol. The summed E-state index contributed by atoms with van der Waals surface area (Å²) in [5, 5.41) is 14.1. The molecular formula is C18H24N7OP. The van der Waals surface area contributed by atoms with Gasteiger partial charge in [0.25, 0.3) is 0 Å². The van der Waals surface area contributed by atoms with Gasteiger partial charge in [-0.15, -0.1) is 0 Å². The van der Waals surface area contributed by atoms with Crippen LogP contribution >= 0.6 is 8.58 Å². The summed E-state index contributed by atoms with van der Waals surface area (Å²) < 4.78 is 1.57. The van der Waals surface area contributed by atoms with Gasteiger partial charge in [0.1, 0.15) is 5.65 Å². The van der Waals surface area contributed by atoms with E-state index in [1.165, 1.54) is 0 Å². The van der Waals surface area contributed by atoms with Crippen molar-refractivity contribution in [3.05, 3.63) is 52.6 Å². The van der Waals surface area contributed by atoms with E-state index in [1.807, 2.05) is 36.5 Å². The molecule has 27 heavy (non-hydrogen) atoms. The molecule has 0 radical (unpaired) electrons. The molecule has 2 heterocycles. The zero-order valence-corrected chi connectivity index (χ0v) is 16.2. The van der Waals surface area contributed by atoms with Crippen LogP contribution in [0.5, 0.6) is 0 Å². The first-order chi connectivity index (χ1) is 13.1. The zero-order chi connectivity index (χ0) is 19.2. The van der Waals surface area contributed by atoms with Crippen LogP contribution in [0.4, 0.5) is 0 Å². The largest absolute Gasteiger partial charge is 0.370 e. The zero-order valence-electron chi connectivity index (χ0n) is 15.2. The molecule has 6 N–H and O–H groups in total. The highest BCUT2D eigenvalue weighted by Gasteiger charge is 2.07. The molecule has 3 rings (SSSR count). The number of fused-ring (bicyclic) bond motifs is 1. The number of H-pyrrole nitrogens is 1. The van der Waals surface area contributed by atoms with Crippen LogP contribution in [0.15, 0.2) is 41.3 Å². The lowest BCUT2D eigenvalue weighted by atomic mass is 10.2. The van der Waals surface area contributed by atoms with Gasteiger partial charge >= 0.3 is 5.69 Å². The number of hydrogen-bond donors (Lipinski definition) is 5. The van der Waals surface area contributed by atoms with Crippen molar-refractivity contribution >= 4 is 31.0 Å². The van der Waals surface area contributed by atoms with E-state index >= 15 is 0 Å². The van der Waals surface area contributed by atoms with Crippen LogP contribution in [0, 0.1) is 5.41 Å². The molecule has 0 saturated carbocycles. The van der Waals surface area contributed by atoms with Gasteiger partial charge in [0.05, 0.1) is 5.69 Å². The number of nitrogens with two attached hydrogens (primary N) is 1. The van der Waals surface area contributed by atoms with Gasteiger partial charge in [-0.25, -0.2) is 4.79 Å². The number of guanidine groups is 1. The highest BCUT2D eigenvalue weighted by Crippen LogP contribution is 2.14. The van der Waals surface area contributed by atoms with Gasteiger partial charge in [0.15, 0.2) is 5.96 Å². The third kappa shape index (κ3) is 4.93. The van der Waals surface area contributed by atoms with Gasteiger partial charge in [-0.2, -0.15) is 4.98 Å². The normalized spacial score (nSPS) is 11.4. The monoisotopic (exact) mass is 385 g/mol. The Balaban J connectivity index is 1.63. The van der Waals surface area contributed by atoms with Crippen molar-refractivity contribution in [1.82, 2.24) is 25.2 Å². The maximum absolute atomic E-state index is 12.3. The van der Waals surface area contributed by atoms with E-state index in [0.29, 0.717) is 20.8 Å². The van der Waals surface area contributed by atoms with E-state index < -0.39 is 0 Å². The van der Waals surface area contributed by atoms with Gasteiger partial charge in [-0.3, -0.25) is 9.98 Å². The summed E-state index contributed by atoms with van der Waals surface area (Å²) >= 11 is 0. The van der Waals surface area contributed by atoms with E-state index in [-0.39, 0.29) is 11.6 Å². The van der Waals surface area contributed by atoms with E-state index in [1.54, 1.807) is 4.57 Å². The number of aromatic nitrogens is 3. The molecule has 1 unspecified atom stereocenters. The van der Waals surface area contributed by atoms with E-state index in [0.717, 1.165) is 41.6 Å². The predicted molar refractivity (Wildman–Crippen MR) is 112 cm³/mol. The molecule has 0 spiro atoms.